The van der Waals surface area contributed by atoms with Crippen molar-refractivity contribution in [3.05, 3.63) is 90.0 Å². The van der Waals surface area contributed by atoms with Gasteiger partial charge in [-0.05, 0) is 11.1 Å². The van der Waals surface area contributed by atoms with E-state index in [9.17, 15) is 0 Å². The maximum atomic E-state index is 6.42. The number of aromatic nitrogens is 2. The SMILES string of the molecule is Cl.N[C@@H]1CN(Cc2nccn2Cc2ccccc2)C[C@H]1c1ccccc1. The van der Waals surface area contributed by atoms with E-state index >= 15 is 0 Å². The van der Waals surface area contributed by atoms with E-state index in [4.69, 9.17) is 5.73 Å². The highest BCUT2D eigenvalue weighted by atomic mass is 35.5. The Morgan fingerprint density at radius 3 is 2.35 bits per heavy atom. The summed E-state index contributed by atoms with van der Waals surface area (Å²) >= 11 is 0. The van der Waals surface area contributed by atoms with Crippen molar-refractivity contribution in [2.75, 3.05) is 13.1 Å². The summed E-state index contributed by atoms with van der Waals surface area (Å²) in [6.07, 6.45) is 3.95. The first-order valence-electron chi connectivity index (χ1n) is 8.86. The van der Waals surface area contributed by atoms with E-state index in [0.29, 0.717) is 5.92 Å². The summed E-state index contributed by atoms with van der Waals surface area (Å²) in [7, 11) is 0. The first-order chi connectivity index (χ1) is 12.3. The van der Waals surface area contributed by atoms with Crippen LogP contribution in [0.25, 0.3) is 0 Å². The molecule has 0 unspecified atom stereocenters. The van der Waals surface area contributed by atoms with Gasteiger partial charge in [0.05, 0.1) is 6.54 Å². The average Bonchev–Trinajstić information content (AvgIpc) is 3.23. The maximum absolute atomic E-state index is 6.42. The Morgan fingerprint density at radius 2 is 1.62 bits per heavy atom. The summed E-state index contributed by atoms with van der Waals surface area (Å²) in [5.74, 6) is 1.50. The van der Waals surface area contributed by atoms with Gasteiger partial charge in [-0.15, -0.1) is 12.4 Å². The van der Waals surface area contributed by atoms with Crippen LogP contribution < -0.4 is 5.73 Å². The number of hydrogen-bond donors (Lipinski definition) is 1. The van der Waals surface area contributed by atoms with Gasteiger partial charge in [-0.3, -0.25) is 4.90 Å². The largest absolute Gasteiger partial charge is 0.329 e. The van der Waals surface area contributed by atoms with Crippen molar-refractivity contribution in [3.8, 4) is 0 Å². The summed E-state index contributed by atoms with van der Waals surface area (Å²) < 4.78 is 2.23. The number of imidazole rings is 1. The minimum Gasteiger partial charge on any atom is -0.329 e. The first kappa shape index (κ1) is 18.6. The van der Waals surface area contributed by atoms with Crippen LogP contribution in [-0.2, 0) is 13.1 Å². The summed E-state index contributed by atoms with van der Waals surface area (Å²) in [5, 5.41) is 0. The molecule has 26 heavy (non-hydrogen) atoms. The molecule has 4 rings (SSSR count). The van der Waals surface area contributed by atoms with E-state index in [2.05, 4.69) is 75.2 Å². The predicted octanol–water partition coefficient (Wildman–Crippen LogP) is 3.28. The van der Waals surface area contributed by atoms with E-state index in [1.807, 2.05) is 12.3 Å². The van der Waals surface area contributed by atoms with Gasteiger partial charge in [-0.25, -0.2) is 4.98 Å². The summed E-state index contributed by atoms with van der Waals surface area (Å²) in [5.41, 5.74) is 9.05. The molecule has 1 saturated heterocycles. The molecule has 0 radical (unpaired) electrons. The van der Waals surface area contributed by atoms with Gasteiger partial charge in [0.2, 0.25) is 0 Å². The molecular weight excluding hydrogens is 344 g/mol. The lowest BCUT2D eigenvalue weighted by molar-refractivity contribution is 0.310. The third-order valence-corrected chi connectivity index (χ3v) is 5.03. The highest BCUT2D eigenvalue weighted by Gasteiger charge is 2.31. The van der Waals surface area contributed by atoms with Crippen LogP contribution in [0.5, 0.6) is 0 Å². The number of nitrogens with two attached hydrogens (primary N) is 1. The Hall–Kier alpha value is -2.14. The Bertz CT molecular complexity index is 803. The standard InChI is InChI=1S/C21H24N4.ClH/c22-20-15-24(14-19(20)18-9-5-2-6-10-18)16-21-23-11-12-25(21)13-17-7-3-1-4-8-17;/h1-12,19-20H,13-16,22H2;1H/t19-,20+;/m0./s1. The van der Waals surface area contributed by atoms with Gasteiger partial charge >= 0.3 is 0 Å². The monoisotopic (exact) mass is 368 g/mol. The van der Waals surface area contributed by atoms with E-state index in [1.54, 1.807) is 0 Å². The number of benzene rings is 2. The maximum Gasteiger partial charge on any atom is 0.123 e. The van der Waals surface area contributed by atoms with Gasteiger partial charge in [-0.2, -0.15) is 0 Å². The number of hydrogen-bond acceptors (Lipinski definition) is 3. The molecule has 2 aromatic carbocycles. The molecule has 0 spiro atoms. The van der Waals surface area contributed by atoms with Crippen molar-refractivity contribution < 1.29 is 0 Å². The lowest BCUT2D eigenvalue weighted by Crippen LogP contribution is -2.29. The molecule has 4 nitrogen and oxygen atoms in total. The molecule has 0 bridgehead atoms. The van der Waals surface area contributed by atoms with E-state index in [-0.39, 0.29) is 18.4 Å². The fourth-order valence-corrected chi connectivity index (χ4v) is 3.71. The smallest absolute Gasteiger partial charge is 0.123 e. The third-order valence-electron chi connectivity index (χ3n) is 5.03. The second kappa shape index (κ2) is 8.49. The van der Waals surface area contributed by atoms with Crippen molar-refractivity contribution in [1.29, 1.82) is 0 Å². The van der Waals surface area contributed by atoms with Crippen LogP contribution in [-0.4, -0.2) is 33.6 Å². The highest BCUT2D eigenvalue weighted by molar-refractivity contribution is 5.85. The van der Waals surface area contributed by atoms with Crippen LogP contribution in [0.3, 0.4) is 0 Å². The zero-order valence-electron chi connectivity index (χ0n) is 14.7. The Kier molecular flexibility index (Phi) is 6.09. The molecular formula is C21H25ClN4. The second-order valence-electron chi connectivity index (χ2n) is 6.83. The zero-order valence-corrected chi connectivity index (χ0v) is 15.6. The predicted molar refractivity (Wildman–Crippen MR) is 107 cm³/mol. The van der Waals surface area contributed by atoms with Crippen molar-refractivity contribution >= 4 is 12.4 Å². The van der Waals surface area contributed by atoms with Crippen molar-refractivity contribution in [1.82, 2.24) is 14.5 Å². The highest BCUT2D eigenvalue weighted by Crippen LogP contribution is 2.27. The van der Waals surface area contributed by atoms with Crippen LogP contribution in [0.4, 0.5) is 0 Å². The number of halogens is 1. The molecule has 3 aromatic rings. The molecule has 136 valence electrons. The van der Waals surface area contributed by atoms with Gasteiger partial charge in [0.25, 0.3) is 0 Å². The summed E-state index contributed by atoms with van der Waals surface area (Å²) in [6, 6.07) is 21.3. The average molecular weight is 369 g/mol. The topological polar surface area (TPSA) is 47.1 Å². The van der Waals surface area contributed by atoms with Crippen LogP contribution in [0.15, 0.2) is 73.1 Å². The van der Waals surface area contributed by atoms with Gasteiger partial charge in [-0.1, -0.05) is 60.7 Å². The molecule has 1 aliphatic heterocycles. The van der Waals surface area contributed by atoms with Gasteiger partial charge < -0.3 is 10.3 Å². The fraction of sp³-hybridized carbons (Fsp3) is 0.286. The van der Waals surface area contributed by atoms with Gasteiger partial charge in [0.15, 0.2) is 0 Å². The number of rotatable bonds is 5. The molecule has 1 aromatic heterocycles. The summed E-state index contributed by atoms with van der Waals surface area (Å²) in [4.78, 5) is 7.00. The van der Waals surface area contributed by atoms with Crippen LogP contribution in [0.2, 0.25) is 0 Å². The third kappa shape index (κ3) is 4.15. The van der Waals surface area contributed by atoms with E-state index in [0.717, 1.165) is 32.0 Å². The number of nitrogens with zero attached hydrogens (tertiary/aromatic N) is 3. The zero-order chi connectivity index (χ0) is 17.1. The molecule has 2 N–H and O–H groups in total. The van der Waals surface area contributed by atoms with E-state index < -0.39 is 0 Å². The fourth-order valence-electron chi connectivity index (χ4n) is 3.71. The molecule has 5 heteroatoms. The lowest BCUT2D eigenvalue weighted by atomic mass is 9.95. The van der Waals surface area contributed by atoms with Gasteiger partial charge in [0, 0.05) is 44.0 Å². The normalized spacial score (nSPS) is 20.0. The summed E-state index contributed by atoms with van der Waals surface area (Å²) in [6.45, 7) is 3.61. The van der Waals surface area contributed by atoms with Crippen molar-refractivity contribution in [3.63, 3.8) is 0 Å². The van der Waals surface area contributed by atoms with Crippen LogP contribution in [0, 0.1) is 0 Å². The van der Waals surface area contributed by atoms with Crippen LogP contribution in [0.1, 0.15) is 22.9 Å². The molecule has 1 aliphatic rings. The molecule has 0 aliphatic carbocycles. The van der Waals surface area contributed by atoms with Gasteiger partial charge in [0.1, 0.15) is 5.82 Å². The minimum atomic E-state index is 0. The minimum absolute atomic E-state index is 0. The Labute approximate surface area is 161 Å². The number of likely N-dealkylation sites (tertiary alicyclic amines) is 1. The van der Waals surface area contributed by atoms with Crippen molar-refractivity contribution in [2.45, 2.75) is 25.0 Å². The second-order valence-corrected chi connectivity index (χ2v) is 6.83. The molecule has 0 saturated carbocycles. The Balaban J connectivity index is 0.00000196. The molecule has 1 fully saturated rings. The van der Waals surface area contributed by atoms with Crippen LogP contribution >= 0.6 is 12.4 Å². The van der Waals surface area contributed by atoms with Crippen molar-refractivity contribution in [2.24, 2.45) is 5.73 Å². The Morgan fingerprint density at radius 1 is 0.923 bits per heavy atom. The first-order valence-corrected chi connectivity index (χ1v) is 8.86. The quantitative estimate of drug-likeness (QED) is 0.751. The molecule has 2 heterocycles. The molecule has 2 atom stereocenters. The lowest BCUT2D eigenvalue weighted by Gasteiger charge is -2.17. The van der Waals surface area contributed by atoms with E-state index in [1.165, 1.54) is 11.1 Å². The molecule has 0 amide bonds.